The van der Waals surface area contributed by atoms with Gasteiger partial charge in [-0.15, -0.1) is 0 Å². The van der Waals surface area contributed by atoms with Gasteiger partial charge in [0.1, 0.15) is 6.54 Å². The third-order valence-electron chi connectivity index (χ3n) is 1.77. The molecule has 5 heteroatoms. The van der Waals surface area contributed by atoms with Crippen molar-refractivity contribution in [2.75, 3.05) is 18.5 Å². The Morgan fingerprint density at radius 2 is 2.31 bits per heavy atom. The number of anilines is 1. The van der Waals surface area contributed by atoms with Gasteiger partial charge in [-0.25, -0.2) is 0 Å². The standard InChI is InChI=1S/C11H11BrN2O2/c1-2-16-11(15)7-14-10-4-8(6-13)3-9(12)5-10/h3-5,14H,2,7H2,1H3. The van der Waals surface area contributed by atoms with Crippen molar-refractivity contribution in [3.63, 3.8) is 0 Å². The van der Waals surface area contributed by atoms with E-state index in [-0.39, 0.29) is 12.5 Å². The van der Waals surface area contributed by atoms with Crippen LogP contribution in [0.15, 0.2) is 22.7 Å². The summed E-state index contributed by atoms with van der Waals surface area (Å²) in [4.78, 5) is 11.1. The average Bonchev–Trinajstić information content (AvgIpc) is 2.26. The van der Waals surface area contributed by atoms with Crippen LogP contribution >= 0.6 is 15.9 Å². The molecule has 0 aliphatic rings. The highest BCUT2D eigenvalue weighted by Gasteiger charge is 2.03. The first-order valence-electron chi connectivity index (χ1n) is 4.76. The van der Waals surface area contributed by atoms with Gasteiger partial charge in [-0.3, -0.25) is 4.79 Å². The minimum absolute atomic E-state index is 0.0924. The zero-order valence-corrected chi connectivity index (χ0v) is 10.4. The summed E-state index contributed by atoms with van der Waals surface area (Å²) in [5, 5.41) is 11.6. The summed E-state index contributed by atoms with van der Waals surface area (Å²) in [6.07, 6.45) is 0. The fourth-order valence-corrected chi connectivity index (χ4v) is 1.64. The number of halogens is 1. The second-order valence-corrected chi connectivity index (χ2v) is 3.91. The minimum atomic E-state index is -0.319. The lowest BCUT2D eigenvalue weighted by atomic mass is 10.2. The van der Waals surface area contributed by atoms with E-state index in [0.717, 1.165) is 4.47 Å². The van der Waals surface area contributed by atoms with E-state index in [0.29, 0.717) is 17.9 Å². The highest BCUT2D eigenvalue weighted by molar-refractivity contribution is 9.10. The SMILES string of the molecule is CCOC(=O)CNc1cc(Br)cc(C#N)c1. The van der Waals surface area contributed by atoms with E-state index >= 15 is 0 Å². The summed E-state index contributed by atoms with van der Waals surface area (Å²) >= 11 is 3.28. The van der Waals surface area contributed by atoms with Gasteiger partial charge in [0.25, 0.3) is 0 Å². The lowest BCUT2D eigenvalue weighted by Crippen LogP contribution is -2.16. The molecule has 0 fully saturated rings. The first-order valence-corrected chi connectivity index (χ1v) is 5.55. The first kappa shape index (κ1) is 12.5. The molecule has 16 heavy (non-hydrogen) atoms. The monoisotopic (exact) mass is 282 g/mol. The summed E-state index contributed by atoms with van der Waals surface area (Å²) in [6.45, 7) is 2.21. The number of nitriles is 1. The summed E-state index contributed by atoms with van der Waals surface area (Å²) < 4.78 is 5.56. The molecule has 84 valence electrons. The van der Waals surface area contributed by atoms with Crippen molar-refractivity contribution in [1.29, 1.82) is 5.26 Å². The molecule has 0 heterocycles. The van der Waals surface area contributed by atoms with E-state index in [2.05, 4.69) is 21.2 Å². The van der Waals surface area contributed by atoms with Gasteiger partial charge >= 0.3 is 5.97 Å². The summed E-state index contributed by atoms with van der Waals surface area (Å²) in [5.74, 6) is -0.319. The van der Waals surface area contributed by atoms with Crippen LogP contribution in [0.5, 0.6) is 0 Å². The molecule has 0 saturated heterocycles. The molecule has 0 spiro atoms. The Labute approximate surface area is 102 Å². The van der Waals surface area contributed by atoms with E-state index in [4.69, 9.17) is 10.00 Å². The summed E-state index contributed by atoms with van der Waals surface area (Å²) in [5.41, 5.74) is 1.24. The van der Waals surface area contributed by atoms with Crippen LogP contribution in [-0.2, 0) is 9.53 Å². The lowest BCUT2D eigenvalue weighted by Gasteiger charge is -2.06. The minimum Gasteiger partial charge on any atom is -0.465 e. The number of nitrogens with one attached hydrogen (secondary N) is 1. The van der Waals surface area contributed by atoms with Crippen molar-refractivity contribution >= 4 is 27.6 Å². The number of esters is 1. The molecule has 0 atom stereocenters. The zero-order chi connectivity index (χ0) is 12.0. The van der Waals surface area contributed by atoms with Gasteiger partial charge in [0.15, 0.2) is 0 Å². The molecule has 4 nitrogen and oxygen atoms in total. The Morgan fingerprint density at radius 1 is 1.56 bits per heavy atom. The van der Waals surface area contributed by atoms with Crippen molar-refractivity contribution < 1.29 is 9.53 Å². The number of rotatable bonds is 4. The second-order valence-electron chi connectivity index (χ2n) is 3.00. The third-order valence-corrected chi connectivity index (χ3v) is 2.23. The number of carbonyl (C=O) groups excluding carboxylic acids is 1. The molecule has 0 aliphatic heterocycles. The summed E-state index contributed by atoms with van der Waals surface area (Å²) in [6, 6.07) is 7.20. The maximum absolute atomic E-state index is 11.1. The van der Waals surface area contributed by atoms with Crippen LogP contribution in [-0.4, -0.2) is 19.1 Å². The van der Waals surface area contributed by atoms with Gasteiger partial charge in [-0.1, -0.05) is 15.9 Å². The van der Waals surface area contributed by atoms with Crippen LogP contribution in [0.1, 0.15) is 12.5 Å². The van der Waals surface area contributed by atoms with Crippen molar-refractivity contribution in [3.05, 3.63) is 28.2 Å². The molecule has 0 aliphatic carbocycles. The number of carbonyl (C=O) groups is 1. The molecular weight excluding hydrogens is 272 g/mol. The predicted octanol–water partition coefficient (Wildman–Crippen LogP) is 2.30. The molecule has 0 radical (unpaired) electrons. The zero-order valence-electron chi connectivity index (χ0n) is 8.79. The number of nitrogens with zero attached hydrogens (tertiary/aromatic N) is 1. The second kappa shape index (κ2) is 6.13. The fourth-order valence-electron chi connectivity index (χ4n) is 1.14. The smallest absolute Gasteiger partial charge is 0.325 e. The van der Waals surface area contributed by atoms with Crippen LogP contribution in [0, 0.1) is 11.3 Å². The molecule has 0 unspecified atom stereocenters. The topological polar surface area (TPSA) is 62.1 Å². The molecule has 0 aromatic heterocycles. The van der Waals surface area contributed by atoms with Crippen LogP contribution in [0.25, 0.3) is 0 Å². The lowest BCUT2D eigenvalue weighted by molar-refractivity contribution is -0.140. The molecule has 1 N–H and O–H groups in total. The Bertz CT molecular complexity index is 426. The Morgan fingerprint density at radius 3 is 2.94 bits per heavy atom. The van der Waals surface area contributed by atoms with E-state index in [1.54, 1.807) is 25.1 Å². The quantitative estimate of drug-likeness (QED) is 0.861. The van der Waals surface area contributed by atoms with E-state index < -0.39 is 0 Å². The Hall–Kier alpha value is -1.54. The molecule has 1 rings (SSSR count). The number of ether oxygens (including phenoxy) is 1. The predicted molar refractivity (Wildman–Crippen MR) is 64.0 cm³/mol. The van der Waals surface area contributed by atoms with Crippen LogP contribution in [0.2, 0.25) is 0 Å². The average molecular weight is 283 g/mol. The van der Waals surface area contributed by atoms with Gasteiger partial charge in [0.2, 0.25) is 0 Å². The number of hydrogen-bond acceptors (Lipinski definition) is 4. The van der Waals surface area contributed by atoms with Gasteiger partial charge in [0, 0.05) is 10.2 Å². The number of benzene rings is 1. The number of hydrogen-bond donors (Lipinski definition) is 1. The van der Waals surface area contributed by atoms with E-state index in [1.807, 2.05) is 6.07 Å². The van der Waals surface area contributed by atoms with Crippen molar-refractivity contribution in [2.45, 2.75) is 6.92 Å². The van der Waals surface area contributed by atoms with Gasteiger partial charge in [-0.05, 0) is 25.1 Å². The molecular formula is C11H11BrN2O2. The first-order chi connectivity index (χ1) is 7.65. The molecule has 0 amide bonds. The van der Waals surface area contributed by atoms with Gasteiger partial charge in [0.05, 0.1) is 18.2 Å². The fraction of sp³-hybridized carbons (Fsp3) is 0.273. The third kappa shape index (κ3) is 3.91. The maximum atomic E-state index is 11.1. The van der Waals surface area contributed by atoms with E-state index in [1.165, 1.54) is 0 Å². The molecule has 1 aromatic carbocycles. The largest absolute Gasteiger partial charge is 0.465 e. The highest BCUT2D eigenvalue weighted by Crippen LogP contribution is 2.18. The van der Waals surface area contributed by atoms with Gasteiger partial charge < -0.3 is 10.1 Å². The van der Waals surface area contributed by atoms with Crippen molar-refractivity contribution in [1.82, 2.24) is 0 Å². The van der Waals surface area contributed by atoms with Crippen molar-refractivity contribution in [3.8, 4) is 6.07 Å². The summed E-state index contributed by atoms with van der Waals surface area (Å²) in [7, 11) is 0. The van der Waals surface area contributed by atoms with Crippen LogP contribution < -0.4 is 5.32 Å². The van der Waals surface area contributed by atoms with Crippen LogP contribution in [0.3, 0.4) is 0 Å². The normalized spacial score (nSPS) is 9.31. The van der Waals surface area contributed by atoms with Crippen LogP contribution in [0.4, 0.5) is 5.69 Å². The maximum Gasteiger partial charge on any atom is 0.325 e. The Balaban J connectivity index is 2.64. The molecule has 0 saturated carbocycles. The van der Waals surface area contributed by atoms with E-state index in [9.17, 15) is 4.79 Å². The van der Waals surface area contributed by atoms with Crippen molar-refractivity contribution in [2.24, 2.45) is 0 Å². The Kier molecular flexibility index (Phi) is 4.80. The molecule has 1 aromatic rings. The molecule has 0 bridgehead atoms. The highest BCUT2D eigenvalue weighted by atomic mass is 79.9. The van der Waals surface area contributed by atoms with Gasteiger partial charge in [-0.2, -0.15) is 5.26 Å².